The lowest BCUT2D eigenvalue weighted by Crippen LogP contribution is -2.32. The number of unbranched alkanes of at least 4 members (excludes halogenated alkanes) is 1. The fourth-order valence-electron chi connectivity index (χ4n) is 2.13. The Kier molecular flexibility index (Phi) is 4.95. The van der Waals surface area contributed by atoms with Gasteiger partial charge in [0.05, 0.1) is 6.54 Å². The van der Waals surface area contributed by atoms with Crippen molar-refractivity contribution in [2.75, 3.05) is 13.1 Å². The molecule has 3 heteroatoms. The van der Waals surface area contributed by atoms with Crippen molar-refractivity contribution >= 4 is 21.7 Å². The molecule has 2 rings (SSSR count). The first-order chi connectivity index (χ1) is 8.70. The fraction of sp³-hybridized carbons (Fsp3) is 0.533. The second-order valence-corrected chi connectivity index (χ2v) is 5.90. The number of carbonyl (C=O) groups excluding carboxylic acids is 1. The van der Waals surface area contributed by atoms with Crippen LogP contribution in [0.5, 0.6) is 0 Å². The van der Waals surface area contributed by atoms with Gasteiger partial charge in [0.15, 0.2) is 5.78 Å². The van der Waals surface area contributed by atoms with Gasteiger partial charge in [-0.3, -0.25) is 9.69 Å². The molecule has 0 atom stereocenters. The summed E-state index contributed by atoms with van der Waals surface area (Å²) in [5, 5.41) is 0. The van der Waals surface area contributed by atoms with E-state index in [-0.39, 0.29) is 5.78 Å². The minimum atomic E-state index is 0.235. The lowest BCUT2D eigenvalue weighted by molar-refractivity contribution is 0.0923. The topological polar surface area (TPSA) is 20.3 Å². The van der Waals surface area contributed by atoms with E-state index in [1.165, 1.54) is 25.7 Å². The van der Waals surface area contributed by atoms with E-state index in [9.17, 15) is 4.79 Å². The summed E-state index contributed by atoms with van der Waals surface area (Å²) in [5.41, 5.74) is 0.812. The SMILES string of the molecule is CCCCN(CC(=O)c1cccc(Br)c1)C1CC1. The molecular formula is C15H20BrNO. The molecule has 1 aliphatic carbocycles. The van der Waals surface area contributed by atoms with Gasteiger partial charge in [0.2, 0.25) is 0 Å². The van der Waals surface area contributed by atoms with Crippen molar-refractivity contribution in [1.29, 1.82) is 0 Å². The van der Waals surface area contributed by atoms with Crippen LogP contribution in [0.1, 0.15) is 43.0 Å². The maximum Gasteiger partial charge on any atom is 0.176 e. The summed E-state index contributed by atoms with van der Waals surface area (Å²) in [6.45, 7) is 3.82. The number of nitrogens with zero attached hydrogens (tertiary/aromatic N) is 1. The summed E-state index contributed by atoms with van der Waals surface area (Å²) in [7, 11) is 0. The van der Waals surface area contributed by atoms with Crippen LogP contribution < -0.4 is 0 Å². The zero-order chi connectivity index (χ0) is 13.0. The number of hydrogen-bond acceptors (Lipinski definition) is 2. The molecule has 1 aromatic carbocycles. The summed E-state index contributed by atoms with van der Waals surface area (Å²) in [4.78, 5) is 14.6. The Balaban J connectivity index is 1.95. The Morgan fingerprint density at radius 1 is 1.44 bits per heavy atom. The molecule has 1 fully saturated rings. The number of rotatable bonds is 7. The normalized spacial score (nSPS) is 15.1. The van der Waals surface area contributed by atoms with Gasteiger partial charge in [-0.25, -0.2) is 0 Å². The Hall–Kier alpha value is -0.670. The standard InChI is InChI=1S/C15H20BrNO/c1-2-3-9-17(14-7-8-14)11-15(18)12-5-4-6-13(16)10-12/h4-6,10,14H,2-3,7-9,11H2,1H3. The van der Waals surface area contributed by atoms with Crippen molar-refractivity contribution in [2.24, 2.45) is 0 Å². The third-order valence-corrected chi connectivity index (χ3v) is 3.85. The molecule has 0 aliphatic heterocycles. The van der Waals surface area contributed by atoms with Gasteiger partial charge in [-0.1, -0.05) is 41.4 Å². The zero-order valence-corrected chi connectivity index (χ0v) is 12.4. The molecule has 0 heterocycles. The Morgan fingerprint density at radius 2 is 2.22 bits per heavy atom. The van der Waals surface area contributed by atoms with Crippen LogP contribution in [-0.2, 0) is 0 Å². The first-order valence-corrected chi connectivity index (χ1v) is 7.53. The van der Waals surface area contributed by atoms with Gasteiger partial charge in [-0.2, -0.15) is 0 Å². The third-order valence-electron chi connectivity index (χ3n) is 3.36. The molecule has 0 saturated heterocycles. The highest BCUT2D eigenvalue weighted by atomic mass is 79.9. The zero-order valence-electron chi connectivity index (χ0n) is 10.9. The largest absolute Gasteiger partial charge is 0.293 e. The first-order valence-electron chi connectivity index (χ1n) is 6.73. The van der Waals surface area contributed by atoms with E-state index < -0.39 is 0 Å². The predicted molar refractivity (Wildman–Crippen MR) is 78.0 cm³/mol. The molecule has 0 spiro atoms. The molecule has 98 valence electrons. The molecule has 0 bridgehead atoms. The van der Waals surface area contributed by atoms with Crippen LogP contribution in [0.4, 0.5) is 0 Å². The minimum Gasteiger partial charge on any atom is -0.293 e. The minimum absolute atomic E-state index is 0.235. The van der Waals surface area contributed by atoms with E-state index in [0.717, 1.165) is 16.6 Å². The molecule has 1 aromatic rings. The summed E-state index contributed by atoms with van der Waals surface area (Å²) in [5.74, 6) is 0.235. The van der Waals surface area contributed by atoms with Crippen molar-refractivity contribution in [3.63, 3.8) is 0 Å². The van der Waals surface area contributed by atoms with Crippen LogP contribution in [-0.4, -0.2) is 29.8 Å². The maximum absolute atomic E-state index is 12.2. The van der Waals surface area contributed by atoms with Gasteiger partial charge in [-0.05, 0) is 37.9 Å². The van der Waals surface area contributed by atoms with E-state index in [0.29, 0.717) is 12.6 Å². The molecule has 0 aromatic heterocycles. The predicted octanol–water partition coefficient (Wildman–Crippen LogP) is 3.90. The molecule has 1 aliphatic rings. The molecule has 0 N–H and O–H groups in total. The number of ketones is 1. The van der Waals surface area contributed by atoms with Crippen LogP contribution in [0.15, 0.2) is 28.7 Å². The van der Waals surface area contributed by atoms with E-state index >= 15 is 0 Å². The van der Waals surface area contributed by atoms with Crippen molar-refractivity contribution in [2.45, 2.75) is 38.6 Å². The van der Waals surface area contributed by atoms with Crippen LogP contribution in [0.25, 0.3) is 0 Å². The monoisotopic (exact) mass is 309 g/mol. The second kappa shape index (κ2) is 6.48. The fourth-order valence-corrected chi connectivity index (χ4v) is 2.53. The molecular weight excluding hydrogens is 290 g/mol. The maximum atomic E-state index is 12.2. The molecule has 2 nitrogen and oxygen atoms in total. The average Bonchev–Trinajstić information content (AvgIpc) is 3.18. The smallest absolute Gasteiger partial charge is 0.176 e. The van der Waals surface area contributed by atoms with Gasteiger partial charge in [0, 0.05) is 16.1 Å². The van der Waals surface area contributed by atoms with Gasteiger partial charge in [0.25, 0.3) is 0 Å². The van der Waals surface area contributed by atoms with E-state index in [1.807, 2.05) is 24.3 Å². The lowest BCUT2D eigenvalue weighted by Gasteiger charge is -2.20. The number of benzene rings is 1. The van der Waals surface area contributed by atoms with E-state index in [4.69, 9.17) is 0 Å². The first kappa shape index (κ1) is 13.8. The summed E-state index contributed by atoms with van der Waals surface area (Å²) in [6.07, 6.45) is 4.89. The highest BCUT2D eigenvalue weighted by Gasteiger charge is 2.29. The Morgan fingerprint density at radius 3 is 2.83 bits per heavy atom. The van der Waals surface area contributed by atoms with Gasteiger partial charge >= 0.3 is 0 Å². The molecule has 0 amide bonds. The van der Waals surface area contributed by atoms with Crippen LogP contribution >= 0.6 is 15.9 Å². The summed E-state index contributed by atoms with van der Waals surface area (Å²) in [6, 6.07) is 8.34. The number of Topliss-reactive ketones (excluding diaryl/α,β-unsaturated/α-hetero) is 1. The lowest BCUT2D eigenvalue weighted by atomic mass is 10.1. The van der Waals surface area contributed by atoms with Crippen LogP contribution in [0.3, 0.4) is 0 Å². The molecule has 18 heavy (non-hydrogen) atoms. The summed E-state index contributed by atoms with van der Waals surface area (Å²) >= 11 is 3.41. The third kappa shape index (κ3) is 3.92. The number of carbonyl (C=O) groups is 1. The number of hydrogen-bond donors (Lipinski definition) is 0. The Bertz CT molecular complexity index is 415. The molecule has 1 saturated carbocycles. The Labute approximate surface area is 117 Å². The highest BCUT2D eigenvalue weighted by molar-refractivity contribution is 9.10. The van der Waals surface area contributed by atoms with Gasteiger partial charge in [-0.15, -0.1) is 0 Å². The van der Waals surface area contributed by atoms with E-state index in [2.05, 4.69) is 27.8 Å². The van der Waals surface area contributed by atoms with Crippen LogP contribution in [0.2, 0.25) is 0 Å². The van der Waals surface area contributed by atoms with Gasteiger partial charge < -0.3 is 0 Å². The van der Waals surface area contributed by atoms with Gasteiger partial charge in [0.1, 0.15) is 0 Å². The highest BCUT2D eigenvalue weighted by Crippen LogP contribution is 2.27. The number of halogens is 1. The van der Waals surface area contributed by atoms with Crippen molar-refractivity contribution in [3.8, 4) is 0 Å². The van der Waals surface area contributed by atoms with Crippen molar-refractivity contribution < 1.29 is 4.79 Å². The van der Waals surface area contributed by atoms with Crippen molar-refractivity contribution in [1.82, 2.24) is 4.90 Å². The quantitative estimate of drug-likeness (QED) is 0.712. The van der Waals surface area contributed by atoms with E-state index in [1.54, 1.807) is 0 Å². The van der Waals surface area contributed by atoms with Crippen molar-refractivity contribution in [3.05, 3.63) is 34.3 Å². The second-order valence-electron chi connectivity index (χ2n) is 4.99. The molecule has 0 radical (unpaired) electrons. The molecule has 0 unspecified atom stereocenters. The summed E-state index contributed by atoms with van der Waals surface area (Å²) < 4.78 is 0.972. The van der Waals surface area contributed by atoms with Crippen LogP contribution in [0, 0.1) is 0 Å². The average molecular weight is 310 g/mol.